The van der Waals surface area contributed by atoms with Gasteiger partial charge in [0.2, 0.25) is 0 Å². The Labute approximate surface area is 167 Å². The van der Waals surface area contributed by atoms with Gasteiger partial charge in [0.25, 0.3) is 0 Å². The van der Waals surface area contributed by atoms with Crippen LogP contribution in [0, 0.1) is 6.92 Å². The summed E-state index contributed by atoms with van der Waals surface area (Å²) in [7, 11) is 1.82. The van der Waals surface area contributed by atoms with Crippen molar-refractivity contribution < 1.29 is 4.74 Å². The van der Waals surface area contributed by atoms with E-state index in [-0.39, 0.29) is 0 Å². The molecule has 2 N–H and O–H groups in total. The Morgan fingerprint density at radius 2 is 2.11 bits per heavy atom. The zero-order valence-corrected chi connectivity index (χ0v) is 17.0. The largest absolute Gasteiger partial charge is 0.379 e. The molecule has 1 aromatic heterocycles. The minimum Gasteiger partial charge on any atom is -0.379 e. The van der Waals surface area contributed by atoms with Crippen molar-refractivity contribution in [3.05, 3.63) is 53.9 Å². The Balaban J connectivity index is 1.53. The van der Waals surface area contributed by atoms with E-state index < -0.39 is 0 Å². The minimum absolute atomic E-state index is 0.298. The maximum absolute atomic E-state index is 5.55. The second-order valence-corrected chi connectivity index (χ2v) is 7.08. The predicted octanol–water partition coefficient (Wildman–Crippen LogP) is 1.82. The average Bonchev–Trinajstić information content (AvgIpc) is 3.24. The number of hydrogen-bond donors (Lipinski definition) is 2. The van der Waals surface area contributed by atoms with E-state index in [2.05, 4.69) is 56.8 Å². The topological polar surface area (TPSA) is 66.7 Å². The highest BCUT2D eigenvalue weighted by atomic mass is 16.5. The van der Waals surface area contributed by atoms with Gasteiger partial charge in [0.1, 0.15) is 0 Å². The molecule has 1 atom stereocenters. The first-order chi connectivity index (χ1) is 13.8. The maximum atomic E-state index is 5.55. The normalized spacial score (nSPS) is 16.7. The van der Waals surface area contributed by atoms with Gasteiger partial charge in [-0.25, -0.2) is 0 Å². The van der Waals surface area contributed by atoms with Crippen LogP contribution in [-0.2, 0) is 11.3 Å². The van der Waals surface area contributed by atoms with E-state index in [0.29, 0.717) is 6.04 Å². The molecule has 0 aliphatic carbocycles. The van der Waals surface area contributed by atoms with Gasteiger partial charge >= 0.3 is 0 Å². The molecule has 3 rings (SSSR count). The maximum Gasteiger partial charge on any atom is 0.191 e. The molecule has 0 spiro atoms. The number of rotatable bonds is 8. The van der Waals surface area contributed by atoms with Gasteiger partial charge in [0.15, 0.2) is 5.96 Å². The monoisotopic (exact) mass is 384 g/mol. The Kier molecular flexibility index (Phi) is 7.87. The van der Waals surface area contributed by atoms with Gasteiger partial charge in [-0.05, 0) is 25.0 Å². The van der Waals surface area contributed by atoms with Crippen molar-refractivity contribution in [2.24, 2.45) is 4.99 Å². The summed E-state index contributed by atoms with van der Waals surface area (Å²) in [4.78, 5) is 6.88. The SMILES string of the molecule is CN=C(NCCCn1cccn1)NCC(c1cccc(C)c1)N1CCOCC1. The minimum atomic E-state index is 0.298. The third-order valence-corrected chi connectivity index (χ3v) is 5.02. The van der Waals surface area contributed by atoms with E-state index in [1.165, 1.54) is 11.1 Å². The van der Waals surface area contributed by atoms with Crippen molar-refractivity contribution in [1.29, 1.82) is 0 Å². The first-order valence-electron chi connectivity index (χ1n) is 10.1. The summed E-state index contributed by atoms with van der Waals surface area (Å²) >= 11 is 0. The Bertz CT molecular complexity index is 724. The third-order valence-electron chi connectivity index (χ3n) is 5.02. The molecule has 0 amide bonds. The second kappa shape index (κ2) is 10.8. The first-order valence-corrected chi connectivity index (χ1v) is 10.1. The molecule has 1 fully saturated rings. The summed E-state index contributed by atoms with van der Waals surface area (Å²) < 4.78 is 7.50. The van der Waals surface area contributed by atoms with Gasteiger partial charge in [0.05, 0.1) is 19.3 Å². The van der Waals surface area contributed by atoms with E-state index in [4.69, 9.17) is 4.74 Å². The van der Waals surface area contributed by atoms with Gasteiger partial charge in [-0.2, -0.15) is 5.10 Å². The molecule has 0 bridgehead atoms. The first kappa shape index (κ1) is 20.4. The molecule has 0 radical (unpaired) electrons. The number of nitrogens with one attached hydrogen (secondary N) is 2. The van der Waals surface area contributed by atoms with Crippen molar-refractivity contribution in [2.45, 2.75) is 25.9 Å². The van der Waals surface area contributed by atoms with Gasteiger partial charge in [-0.1, -0.05) is 29.8 Å². The summed E-state index contributed by atoms with van der Waals surface area (Å²) in [5.41, 5.74) is 2.63. The van der Waals surface area contributed by atoms with Crippen LogP contribution in [0.4, 0.5) is 0 Å². The Morgan fingerprint density at radius 1 is 1.25 bits per heavy atom. The van der Waals surface area contributed by atoms with E-state index in [9.17, 15) is 0 Å². The number of nitrogens with zero attached hydrogens (tertiary/aromatic N) is 4. The Hall–Kier alpha value is -2.38. The van der Waals surface area contributed by atoms with Crippen molar-refractivity contribution in [1.82, 2.24) is 25.3 Å². The van der Waals surface area contributed by atoms with Crippen molar-refractivity contribution >= 4 is 5.96 Å². The predicted molar refractivity (Wildman–Crippen MR) is 113 cm³/mol. The summed E-state index contributed by atoms with van der Waals surface area (Å²) in [5, 5.41) is 11.2. The van der Waals surface area contributed by atoms with Crippen LogP contribution in [-0.4, -0.2) is 67.1 Å². The average molecular weight is 385 g/mol. The van der Waals surface area contributed by atoms with Crippen LogP contribution in [0.15, 0.2) is 47.7 Å². The lowest BCUT2D eigenvalue weighted by molar-refractivity contribution is 0.0170. The molecule has 1 aliphatic heterocycles. The third kappa shape index (κ3) is 6.07. The molecule has 7 heteroatoms. The number of aliphatic imine (C=N–C) groups is 1. The fraction of sp³-hybridized carbons (Fsp3) is 0.524. The molecule has 1 aromatic carbocycles. The van der Waals surface area contributed by atoms with Crippen LogP contribution in [0.25, 0.3) is 0 Å². The standard InChI is InChI=1S/C21H32N6O/c1-18-6-3-7-19(16-18)20(26-12-14-28-15-13-26)17-24-21(22-2)23-8-4-10-27-11-5-9-25-27/h3,5-7,9,11,16,20H,4,8,10,12-15,17H2,1-2H3,(H2,22,23,24). The molecule has 1 aliphatic rings. The lowest BCUT2D eigenvalue weighted by Crippen LogP contribution is -2.46. The van der Waals surface area contributed by atoms with Crippen LogP contribution in [0.2, 0.25) is 0 Å². The smallest absolute Gasteiger partial charge is 0.191 e. The number of aromatic nitrogens is 2. The van der Waals surface area contributed by atoms with Crippen LogP contribution in [0.1, 0.15) is 23.6 Å². The number of hydrogen-bond acceptors (Lipinski definition) is 4. The van der Waals surface area contributed by atoms with E-state index in [1.807, 2.05) is 30.2 Å². The van der Waals surface area contributed by atoms with Gasteiger partial charge in [-0.3, -0.25) is 14.6 Å². The lowest BCUT2D eigenvalue weighted by Gasteiger charge is -2.35. The zero-order valence-electron chi connectivity index (χ0n) is 17.0. The number of ether oxygens (including phenoxy) is 1. The fourth-order valence-corrected chi connectivity index (χ4v) is 3.52. The number of benzene rings is 1. The highest BCUT2D eigenvalue weighted by molar-refractivity contribution is 5.79. The summed E-state index contributed by atoms with van der Waals surface area (Å²) in [6.45, 7) is 8.20. The quantitative estimate of drug-likeness (QED) is 0.413. The van der Waals surface area contributed by atoms with Crippen molar-refractivity contribution in [2.75, 3.05) is 46.4 Å². The summed E-state index contributed by atoms with van der Waals surface area (Å²) in [6.07, 6.45) is 4.79. The molecule has 152 valence electrons. The summed E-state index contributed by atoms with van der Waals surface area (Å²) in [5.74, 6) is 0.839. The fourth-order valence-electron chi connectivity index (χ4n) is 3.52. The molecule has 2 heterocycles. The molecule has 7 nitrogen and oxygen atoms in total. The van der Waals surface area contributed by atoms with E-state index in [1.54, 1.807) is 0 Å². The highest BCUT2D eigenvalue weighted by Gasteiger charge is 2.23. The molecule has 2 aromatic rings. The second-order valence-electron chi connectivity index (χ2n) is 7.08. The van der Waals surface area contributed by atoms with Crippen LogP contribution in [0.3, 0.4) is 0 Å². The van der Waals surface area contributed by atoms with Gasteiger partial charge in [-0.15, -0.1) is 0 Å². The van der Waals surface area contributed by atoms with E-state index >= 15 is 0 Å². The highest BCUT2D eigenvalue weighted by Crippen LogP contribution is 2.22. The lowest BCUT2D eigenvalue weighted by atomic mass is 10.0. The zero-order chi connectivity index (χ0) is 19.6. The van der Waals surface area contributed by atoms with Crippen molar-refractivity contribution in [3.63, 3.8) is 0 Å². The van der Waals surface area contributed by atoms with Crippen LogP contribution >= 0.6 is 0 Å². The number of guanidine groups is 1. The van der Waals surface area contributed by atoms with Gasteiger partial charge < -0.3 is 15.4 Å². The number of morpholine rings is 1. The van der Waals surface area contributed by atoms with Crippen LogP contribution in [0.5, 0.6) is 0 Å². The molecule has 1 unspecified atom stereocenters. The van der Waals surface area contributed by atoms with Gasteiger partial charge in [0, 0.05) is 52.2 Å². The van der Waals surface area contributed by atoms with Crippen LogP contribution < -0.4 is 10.6 Å². The molecular formula is C21H32N6O. The number of aryl methyl sites for hydroxylation is 2. The molecule has 0 saturated carbocycles. The molecule has 1 saturated heterocycles. The molecule has 28 heavy (non-hydrogen) atoms. The van der Waals surface area contributed by atoms with E-state index in [0.717, 1.165) is 58.3 Å². The Morgan fingerprint density at radius 3 is 2.82 bits per heavy atom. The summed E-state index contributed by atoms with van der Waals surface area (Å²) in [6, 6.07) is 11.0. The van der Waals surface area contributed by atoms with Crippen molar-refractivity contribution in [3.8, 4) is 0 Å². The molecular weight excluding hydrogens is 352 g/mol.